The second-order valence-electron chi connectivity index (χ2n) is 5.44. The SMILES string of the molecule is O=C(Nc1cncnc1)c1coc2ncn(Cc3ccncc3)c(=O)c12. The van der Waals surface area contributed by atoms with Gasteiger partial charge in [-0.3, -0.25) is 19.1 Å². The van der Waals surface area contributed by atoms with Crippen molar-refractivity contribution in [2.75, 3.05) is 5.32 Å². The number of furan rings is 1. The Kier molecular flexibility index (Phi) is 3.94. The smallest absolute Gasteiger partial charge is 0.265 e. The normalized spacial score (nSPS) is 10.8. The van der Waals surface area contributed by atoms with E-state index in [-0.39, 0.29) is 22.2 Å². The van der Waals surface area contributed by atoms with Crippen molar-refractivity contribution < 1.29 is 9.21 Å². The fourth-order valence-corrected chi connectivity index (χ4v) is 2.49. The predicted molar refractivity (Wildman–Crippen MR) is 91.6 cm³/mol. The lowest BCUT2D eigenvalue weighted by Gasteiger charge is -2.05. The highest BCUT2D eigenvalue weighted by molar-refractivity contribution is 6.11. The Bertz CT molecular complexity index is 1120. The van der Waals surface area contributed by atoms with Gasteiger partial charge in [0.1, 0.15) is 24.3 Å². The summed E-state index contributed by atoms with van der Waals surface area (Å²) >= 11 is 0. The molecule has 0 saturated heterocycles. The van der Waals surface area contributed by atoms with E-state index in [9.17, 15) is 9.59 Å². The van der Waals surface area contributed by atoms with Crippen molar-refractivity contribution in [3.63, 3.8) is 0 Å². The van der Waals surface area contributed by atoms with E-state index < -0.39 is 5.91 Å². The zero-order chi connectivity index (χ0) is 17.9. The first-order valence-corrected chi connectivity index (χ1v) is 7.64. The molecule has 26 heavy (non-hydrogen) atoms. The summed E-state index contributed by atoms with van der Waals surface area (Å²) in [6.07, 6.45) is 10.1. The molecule has 0 spiro atoms. The van der Waals surface area contributed by atoms with Gasteiger partial charge in [-0.15, -0.1) is 0 Å². The number of hydrogen-bond donors (Lipinski definition) is 1. The third kappa shape index (κ3) is 2.93. The quantitative estimate of drug-likeness (QED) is 0.594. The molecule has 0 aliphatic rings. The second-order valence-corrected chi connectivity index (χ2v) is 5.44. The van der Waals surface area contributed by atoms with Crippen LogP contribution in [0.1, 0.15) is 15.9 Å². The van der Waals surface area contributed by atoms with E-state index in [1.807, 2.05) is 0 Å². The molecule has 0 aliphatic heterocycles. The summed E-state index contributed by atoms with van der Waals surface area (Å²) in [6.45, 7) is 0.309. The van der Waals surface area contributed by atoms with E-state index in [1.54, 1.807) is 24.5 Å². The first-order valence-electron chi connectivity index (χ1n) is 7.64. The predicted octanol–water partition coefficient (Wildman–Crippen LogP) is 1.48. The molecule has 0 fully saturated rings. The van der Waals surface area contributed by atoms with E-state index in [0.29, 0.717) is 12.2 Å². The van der Waals surface area contributed by atoms with Crippen molar-refractivity contribution in [2.45, 2.75) is 6.54 Å². The van der Waals surface area contributed by atoms with Crippen molar-refractivity contribution in [1.82, 2.24) is 24.5 Å². The minimum atomic E-state index is -0.501. The molecule has 0 aliphatic carbocycles. The van der Waals surface area contributed by atoms with Crippen LogP contribution in [0.4, 0.5) is 5.69 Å². The molecule has 1 amide bonds. The summed E-state index contributed by atoms with van der Waals surface area (Å²) in [5.74, 6) is -0.501. The van der Waals surface area contributed by atoms with E-state index >= 15 is 0 Å². The van der Waals surface area contributed by atoms with Crippen LogP contribution in [0.3, 0.4) is 0 Å². The fraction of sp³-hybridized carbons (Fsp3) is 0.0588. The Balaban J connectivity index is 1.71. The van der Waals surface area contributed by atoms with E-state index in [2.05, 4.69) is 25.3 Å². The molecule has 4 aromatic rings. The van der Waals surface area contributed by atoms with Crippen molar-refractivity contribution in [3.8, 4) is 0 Å². The van der Waals surface area contributed by atoms with Crippen LogP contribution in [-0.2, 0) is 6.54 Å². The number of hydrogen-bond acceptors (Lipinski definition) is 7. The molecule has 4 aromatic heterocycles. The molecule has 0 saturated carbocycles. The van der Waals surface area contributed by atoms with Gasteiger partial charge in [0.05, 0.1) is 30.2 Å². The van der Waals surface area contributed by atoms with Crippen LogP contribution < -0.4 is 10.9 Å². The molecule has 0 radical (unpaired) electrons. The summed E-state index contributed by atoms with van der Waals surface area (Å²) in [7, 11) is 0. The Morgan fingerprint density at radius 2 is 1.92 bits per heavy atom. The van der Waals surface area contributed by atoms with Gasteiger partial charge < -0.3 is 9.73 Å². The van der Waals surface area contributed by atoms with Crippen LogP contribution in [0.25, 0.3) is 11.1 Å². The first kappa shape index (κ1) is 15.6. The monoisotopic (exact) mass is 348 g/mol. The standard InChI is InChI=1S/C17H12N6O3/c24-15(22-12-5-19-9-20-6-12)13-8-26-16-14(13)17(25)23(10-21-16)7-11-1-3-18-4-2-11/h1-6,8-10H,7H2,(H,22,24). The highest BCUT2D eigenvalue weighted by atomic mass is 16.3. The second kappa shape index (κ2) is 6.55. The number of rotatable bonds is 4. The number of aromatic nitrogens is 5. The third-order valence-electron chi connectivity index (χ3n) is 3.73. The Morgan fingerprint density at radius 1 is 1.15 bits per heavy atom. The number of nitrogens with zero attached hydrogens (tertiary/aromatic N) is 5. The number of carbonyl (C=O) groups is 1. The van der Waals surface area contributed by atoms with Gasteiger partial charge in [-0.05, 0) is 17.7 Å². The zero-order valence-corrected chi connectivity index (χ0v) is 13.4. The Hall–Kier alpha value is -3.88. The number of anilines is 1. The van der Waals surface area contributed by atoms with E-state index in [1.165, 1.54) is 35.9 Å². The van der Waals surface area contributed by atoms with E-state index in [4.69, 9.17) is 4.42 Å². The van der Waals surface area contributed by atoms with Gasteiger partial charge in [0.15, 0.2) is 0 Å². The van der Waals surface area contributed by atoms with Crippen LogP contribution in [0.5, 0.6) is 0 Å². The van der Waals surface area contributed by atoms with Crippen LogP contribution in [0.2, 0.25) is 0 Å². The molecule has 9 heteroatoms. The van der Waals surface area contributed by atoms with Crippen LogP contribution >= 0.6 is 0 Å². The fourth-order valence-electron chi connectivity index (χ4n) is 2.49. The molecule has 0 bridgehead atoms. The highest BCUT2D eigenvalue weighted by Gasteiger charge is 2.19. The number of carbonyl (C=O) groups excluding carboxylic acids is 1. The van der Waals surface area contributed by atoms with Crippen molar-refractivity contribution in [3.05, 3.63) is 77.3 Å². The lowest BCUT2D eigenvalue weighted by atomic mass is 10.2. The van der Waals surface area contributed by atoms with Gasteiger partial charge >= 0.3 is 0 Å². The molecule has 1 N–H and O–H groups in total. The Labute approximate surface area is 146 Å². The molecule has 4 heterocycles. The topological polar surface area (TPSA) is 116 Å². The van der Waals surface area contributed by atoms with Gasteiger partial charge in [-0.2, -0.15) is 0 Å². The Morgan fingerprint density at radius 3 is 2.69 bits per heavy atom. The number of pyridine rings is 1. The van der Waals surface area contributed by atoms with Crippen molar-refractivity contribution >= 4 is 22.7 Å². The first-order chi connectivity index (χ1) is 12.7. The molecule has 0 atom stereocenters. The summed E-state index contributed by atoms with van der Waals surface area (Å²) in [5, 5.41) is 2.75. The highest BCUT2D eigenvalue weighted by Crippen LogP contribution is 2.17. The molecule has 4 rings (SSSR count). The van der Waals surface area contributed by atoms with Crippen LogP contribution in [0.15, 0.2) is 65.0 Å². The van der Waals surface area contributed by atoms with Gasteiger partial charge in [0.25, 0.3) is 11.5 Å². The van der Waals surface area contributed by atoms with E-state index in [0.717, 1.165) is 5.56 Å². The summed E-state index contributed by atoms with van der Waals surface area (Å²) < 4.78 is 6.68. The minimum absolute atomic E-state index is 0.102. The maximum Gasteiger partial charge on any atom is 0.265 e. The maximum atomic E-state index is 12.8. The van der Waals surface area contributed by atoms with Gasteiger partial charge in [-0.1, -0.05) is 0 Å². The van der Waals surface area contributed by atoms with Crippen molar-refractivity contribution in [2.24, 2.45) is 0 Å². The van der Waals surface area contributed by atoms with Gasteiger partial charge in [0, 0.05) is 12.4 Å². The average Bonchev–Trinajstić information content (AvgIpc) is 3.11. The van der Waals surface area contributed by atoms with Crippen molar-refractivity contribution in [1.29, 1.82) is 0 Å². The number of fused-ring (bicyclic) bond motifs is 1. The lowest BCUT2D eigenvalue weighted by molar-refractivity contribution is 0.102. The lowest BCUT2D eigenvalue weighted by Crippen LogP contribution is -2.23. The molecule has 128 valence electrons. The van der Waals surface area contributed by atoms with Crippen LogP contribution in [0, 0.1) is 0 Å². The molecule has 0 unspecified atom stereocenters. The molecular formula is C17H12N6O3. The average molecular weight is 348 g/mol. The number of nitrogens with one attached hydrogen (secondary N) is 1. The third-order valence-corrected chi connectivity index (χ3v) is 3.73. The minimum Gasteiger partial charge on any atom is -0.445 e. The summed E-state index contributed by atoms with van der Waals surface area (Å²) in [6, 6.07) is 3.60. The largest absolute Gasteiger partial charge is 0.445 e. The van der Waals surface area contributed by atoms with Crippen LogP contribution in [-0.4, -0.2) is 30.4 Å². The molecule has 0 aromatic carbocycles. The maximum absolute atomic E-state index is 12.8. The molecular weight excluding hydrogens is 336 g/mol. The summed E-state index contributed by atoms with van der Waals surface area (Å²) in [5.41, 5.74) is 1.14. The molecule has 9 nitrogen and oxygen atoms in total. The van der Waals surface area contributed by atoms with Gasteiger partial charge in [0.2, 0.25) is 5.71 Å². The zero-order valence-electron chi connectivity index (χ0n) is 13.4. The van der Waals surface area contributed by atoms with Gasteiger partial charge in [-0.25, -0.2) is 15.0 Å². The summed E-state index contributed by atoms with van der Waals surface area (Å²) in [4.78, 5) is 41.0. The number of amides is 1.